The highest BCUT2D eigenvalue weighted by molar-refractivity contribution is 5.96. The molecule has 0 unspecified atom stereocenters. The number of carbonyl (C=O) groups is 1. The molecule has 28 heavy (non-hydrogen) atoms. The number of ether oxygens (including phenoxy) is 1. The van der Waals surface area contributed by atoms with Crippen molar-refractivity contribution >= 4 is 18.3 Å². The van der Waals surface area contributed by atoms with E-state index >= 15 is 0 Å². The van der Waals surface area contributed by atoms with Gasteiger partial charge in [-0.05, 0) is 31.3 Å². The Labute approximate surface area is 165 Å². The van der Waals surface area contributed by atoms with Crippen LogP contribution in [0.25, 0.3) is 5.70 Å². The zero-order chi connectivity index (χ0) is 19.8. The molecule has 4 nitrogen and oxygen atoms in total. The van der Waals surface area contributed by atoms with Crippen LogP contribution >= 0.6 is 0 Å². The minimum absolute atomic E-state index is 0.264. The molecule has 0 fully saturated rings. The normalized spacial score (nSPS) is 11.3. The fraction of sp³-hybridized carbons (Fsp3) is 0.0833. The van der Waals surface area contributed by atoms with Crippen molar-refractivity contribution < 1.29 is 9.53 Å². The van der Waals surface area contributed by atoms with Gasteiger partial charge in [0.2, 0.25) is 5.88 Å². The van der Waals surface area contributed by atoms with E-state index in [9.17, 15) is 4.79 Å². The van der Waals surface area contributed by atoms with E-state index in [1.807, 2.05) is 79.7 Å². The third kappa shape index (κ3) is 4.95. The third-order valence-electron chi connectivity index (χ3n) is 4.19. The van der Waals surface area contributed by atoms with Crippen molar-refractivity contribution in [3.05, 3.63) is 113 Å². The number of aliphatic imine (C=N–C) groups is 1. The number of nitrogens with one attached hydrogen (secondary N) is 1. The lowest BCUT2D eigenvalue weighted by Crippen LogP contribution is -2.25. The lowest BCUT2D eigenvalue weighted by Gasteiger charge is -2.15. The molecule has 0 bridgehead atoms. The number of benzene rings is 3. The second kappa shape index (κ2) is 9.33. The van der Waals surface area contributed by atoms with Crippen LogP contribution in [0.15, 0.2) is 95.8 Å². The largest absolute Gasteiger partial charge is 0.472 e. The van der Waals surface area contributed by atoms with Crippen LogP contribution in [0.5, 0.6) is 0 Å². The van der Waals surface area contributed by atoms with Gasteiger partial charge in [-0.25, -0.2) is 0 Å². The summed E-state index contributed by atoms with van der Waals surface area (Å²) in [6, 6.07) is 26.6. The maximum Gasteiger partial charge on any atom is 0.258 e. The van der Waals surface area contributed by atoms with Gasteiger partial charge in [-0.1, -0.05) is 78.4 Å². The molecule has 0 saturated heterocycles. The number of amides is 1. The molecule has 0 spiro atoms. The molecule has 1 N–H and O–H groups in total. The van der Waals surface area contributed by atoms with Crippen LogP contribution in [0.2, 0.25) is 0 Å². The van der Waals surface area contributed by atoms with E-state index in [4.69, 9.17) is 4.74 Å². The number of rotatable bonds is 7. The van der Waals surface area contributed by atoms with Crippen LogP contribution in [0.3, 0.4) is 0 Å². The lowest BCUT2D eigenvalue weighted by molar-refractivity contribution is 0.0912. The second-order valence-corrected chi connectivity index (χ2v) is 6.30. The first-order valence-electron chi connectivity index (χ1n) is 8.98. The summed E-state index contributed by atoms with van der Waals surface area (Å²) in [5.74, 6) is 0.00997. The average molecular weight is 370 g/mol. The van der Waals surface area contributed by atoms with E-state index < -0.39 is 0 Å². The molecule has 3 aromatic rings. The van der Waals surface area contributed by atoms with Crippen LogP contribution in [-0.2, 0) is 11.3 Å². The van der Waals surface area contributed by atoms with Crippen molar-refractivity contribution in [1.29, 1.82) is 0 Å². The van der Waals surface area contributed by atoms with E-state index in [-0.39, 0.29) is 11.8 Å². The zero-order valence-electron chi connectivity index (χ0n) is 15.8. The molecule has 0 aliphatic carbocycles. The van der Waals surface area contributed by atoms with Crippen LogP contribution in [0.1, 0.15) is 27.0 Å². The van der Waals surface area contributed by atoms with Crippen molar-refractivity contribution in [2.45, 2.75) is 13.5 Å². The summed E-state index contributed by atoms with van der Waals surface area (Å²) in [4.78, 5) is 16.9. The quantitative estimate of drug-likeness (QED) is 0.472. The van der Waals surface area contributed by atoms with Crippen LogP contribution < -0.4 is 5.32 Å². The average Bonchev–Trinajstić information content (AvgIpc) is 2.74. The predicted molar refractivity (Wildman–Crippen MR) is 113 cm³/mol. The molecule has 3 rings (SSSR count). The molecule has 0 radical (unpaired) electrons. The summed E-state index contributed by atoms with van der Waals surface area (Å²) in [5, 5.41) is 2.86. The first kappa shape index (κ1) is 19.1. The SMILES string of the molecule is C=N/C(=C(/NC(=O)c1ccc(C)cc1)OCc1ccccc1)c1ccccc1. The Hall–Kier alpha value is -3.66. The number of hydrogen-bond donors (Lipinski definition) is 1. The van der Waals surface area contributed by atoms with E-state index in [0.29, 0.717) is 17.9 Å². The van der Waals surface area contributed by atoms with Gasteiger partial charge in [0.1, 0.15) is 12.3 Å². The highest BCUT2D eigenvalue weighted by Gasteiger charge is 2.15. The second-order valence-electron chi connectivity index (χ2n) is 6.30. The van der Waals surface area contributed by atoms with Crippen molar-refractivity contribution in [3.63, 3.8) is 0 Å². The Morgan fingerprint density at radius 1 is 0.893 bits per heavy atom. The Kier molecular flexibility index (Phi) is 6.37. The van der Waals surface area contributed by atoms with Crippen LogP contribution in [0.4, 0.5) is 0 Å². The molecule has 4 heteroatoms. The van der Waals surface area contributed by atoms with E-state index in [2.05, 4.69) is 17.0 Å². The topological polar surface area (TPSA) is 50.7 Å². The minimum atomic E-state index is -0.264. The van der Waals surface area contributed by atoms with Gasteiger partial charge in [0.25, 0.3) is 5.91 Å². The first-order valence-corrected chi connectivity index (χ1v) is 8.98. The lowest BCUT2D eigenvalue weighted by atomic mass is 10.1. The molecule has 0 atom stereocenters. The smallest absolute Gasteiger partial charge is 0.258 e. The zero-order valence-corrected chi connectivity index (χ0v) is 15.8. The molecule has 0 aliphatic rings. The number of hydrogen-bond acceptors (Lipinski definition) is 3. The molecular formula is C24H22N2O2. The van der Waals surface area contributed by atoms with E-state index in [1.165, 1.54) is 0 Å². The summed E-state index contributed by atoms with van der Waals surface area (Å²) in [6.07, 6.45) is 0. The Morgan fingerprint density at radius 3 is 2.11 bits per heavy atom. The molecule has 0 aromatic heterocycles. The number of carbonyl (C=O) groups excluding carboxylic acids is 1. The summed E-state index contributed by atoms with van der Waals surface area (Å²) in [6.45, 7) is 5.94. The van der Waals surface area contributed by atoms with Crippen molar-refractivity contribution in [2.24, 2.45) is 4.99 Å². The maximum atomic E-state index is 12.7. The molecule has 0 heterocycles. The van der Waals surface area contributed by atoms with Crippen LogP contribution in [-0.4, -0.2) is 12.6 Å². The fourth-order valence-electron chi connectivity index (χ4n) is 2.66. The van der Waals surface area contributed by atoms with E-state index in [0.717, 1.165) is 16.7 Å². The Balaban J connectivity index is 1.91. The number of nitrogens with zero attached hydrogens (tertiary/aromatic N) is 1. The summed E-state index contributed by atoms with van der Waals surface area (Å²) >= 11 is 0. The van der Waals surface area contributed by atoms with Gasteiger partial charge < -0.3 is 4.74 Å². The van der Waals surface area contributed by atoms with Crippen molar-refractivity contribution in [2.75, 3.05) is 0 Å². The molecule has 1 amide bonds. The first-order chi connectivity index (χ1) is 13.7. The Bertz CT molecular complexity index is 963. The monoisotopic (exact) mass is 370 g/mol. The van der Waals surface area contributed by atoms with Gasteiger partial charge in [0.15, 0.2) is 0 Å². The molecular weight excluding hydrogens is 348 g/mol. The summed E-state index contributed by atoms with van der Waals surface area (Å²) in [5.41, 5.74) is 3.91. The van der Waals surface area contributed by atoms with Crippen molar-refractivity contribution in [1.82, 2.24) is 5.32 Å². The number of aryl methyl sites for hydroxylation is 1. The molecule has 0 aliphatic heterocycles. The van der Waals surface area contributed by atoms with Gasteiger partial charge in [-0.2, -0.15) is 0 Å². The Morgan fingerprint density at radius 2 is 1.50 bits per heavy atom. The van der Waals surface area contributed by atoms with Gasteiger partial charge in [0.05, 0.1) is 0 Å². The van der Waals surface area contributed by atoms with E-state index in [1.54, 1.807) is 12.1 Å². The van der Waals surface area contributed by atoms with Gasteiger partial charge in [0, 0.05) is 11.1 Å². The predicted octanol–water partition coefficient (Wildman–Crippen LogP) is 4.97. The molecule has 0 saturated carbocycles. The highest BCUT2D eigenvalue weighted by Crippen LogP contribution is 2.21. The standard InChI is InChI=1S/C24H22N2O2/c1-18-13-15-21(16-14-18)23(27)26-24(28-17-19-9-5-3-6-10-19)22(25-2)20-11-7-4-8-12-20/h3-16H,2,17H2,1H3,(H,26,27)/b24-22-. The van der Waals surface area contributed by atoms with Gasteiger partial charge in [-0.3, -0.25) is 15.1 Å². The minimum Gasteiger partial charge on any atom is -0.472 e. The summed E-state index contributed by atoms with van der Waals surface area (Å²) in [7, 11) is 0. The molecule has 140 valence electrons. The third-order valence-corrected chi connectivity index (χ3v) is 4.19. The van der Waals surface area contributed by atoms with Gasteiger partial charge >= 0.3 is 0 Å². The highest BCUT2D eigenvalue weighted by atomic mass is 16.5. The van der Waals surface area contributed by atoms with Gasteiger partial charge in [-0.15, -0.1) is 0 Å². The van der Waals surface area contributed by atoms with Crippen molar-refractivity contribution in [3.8, 4) is 0 Å². The summed E-state index contributed by atoms with van der Waals surface area (Å²) < 4.78 is 5.97. The fourth-order valence-corrected chi connectivity index (χ4v) is 2.66. The van der Waals surface area contributed by atoms with Crippen LogP contribution in [0, 0.1) is 6.92 Å². The maximum absolute atomic E-state index is 12.7. The molecule has 3 aromatic carbocycles.